The van der Waals surface area contributed by atoms with E-state index in [1.54, 1.807) is 12.1 Å². The van der Waals surface area contributed by atoms with Crippen LogP contribution < -0.4 is 16.2 Å². The van der Waals surface area contributed by atoms with Gasteiger partial charge in [0.1, 0.15) is 11.6 Å². The maximum absolute atomic E-state index is 14.6. The van der Waals surface area contributed by atoms with Crippen LogP contribution in [0.3, 0.4) is 0 Å². The second-order valence-electron chi connectivity index (χ2n) is 7.30. The number of pyridine rings is 1. The van der Waals surface area contributed by atoms with Crippen molar-refractivity contribution in [1.82, 2.24) is 9.88 Å². The van der Waals surface area contributed by atoms with Gasteiger partial charge in [0.2, 0.25) is 0 Å². The van der Waals surface area contributed by atoms with Gasteiger partial charge in [-0.2, -0.15) is 0 Å². The van der Waals surface area contributed by atoms with E-state index >= 15 is 0 Å². The Hall–Kier alpha value is -4.14. The first-order valence-corrected chi connectivity index (χ1v) is 9.70. The van der Waals surface area contributed by atoms with Crippen LogP contribution in [0.15, 0.2) is 59.5 Å². The van der Waals surface area contributed by atoms with E-state index in [4.69, 9.17) is 0 Å². The summed E-state index contributed by atoms with van der Waals surface area (Å²) in [5.74, 6) is -2.10. The van der Waals surface area contributed by atoms with E-state index in [2.05, 4.69) is 10.6 Å². The first kappa shape index (κ1) is 22.5. The topological polar surface area (TPSA) is 121 Å². The van der Waals surface area contributed by atoms with Crippen molar-refractivity contribution >= 4 is 17.7 Å². The largest absolute Gasteiger partial charge is 0.505 e. The molecule has 0 aliphatic carbocycles. The molecule has 0 saturated carbocycles. The molecule has 166 valence electrons. The quantitative estimate of drug-likeness (QED) is 0.468. The maximum Gasteiger partial charge on any atom is 0.319 e. The van der Waals surface area contributed by atoms with E-state index in [9.17, 15) is 29.0 Å². The van der Waals surface area contributed by atoms with Crippen molar-refractivity contribution in [2.75, 3.05) is 5.32 Å². The average molecular weight is 439 g/mol. The molecule has 0 aliphatic rings. The number of amides is 2. The van der Waals surface area contributed by atoms with Crippen LogP contribution in [-0.4, -0.2) is 26.8 Å². The SMILES string of the molecule is Cc1ccccc1-c1cc([C@H](CC(=O)O)NC(=O)Nc2c(O)ccn(C)c2=O)ccc1F. The van der Waals surface area contributed by atoms with Crippen molar-refractivity contribution < 1.29 is 24.2 Å². The van der Waals surface area contributed by atoms with Crippen molar-refractivity contribution in [3.8, 4) is 16.9 Å². The van der Waals surface area contributed by atoms with Crippen molar-refractivity contribution in [3.63, 3.8) is 0 Å². The number of carbonyl (C=O) groups is 2. The number of aromatic hydroxyl groups is 1. The lowest BCUT2D eigenvalue weighted by Gasteiger charge is -2.19. The van der Waals surface area contributed by atoms with Crippen LogP contribution in [0, 0.1) is 12.7 Å². The molecule has 8 nitrogen and oxygen atoms in total. The van der Waals surface area contributed by atoms with Crippen molar-refractivity contribution in [3.05, 3.63) is 82.0 Å². The third-order valence-electron chi connectivity index (χ3n) is 5.00. The Balaban J connectivity index is 1.92. The Morgan fingerprint density at radius 3 is 2.53 bits per heavy atom. The normalized spacial score (nSPS) is 11.6. The summed E-state index contributed by atoms with van der Waals surface area (Å²) < 4.78 is 15.7. The molecule has 2 amide bonds. The smallest absolute Gasteiger partial charge is 0.319 e. The van der Waals surface area contributed by atoms with Crippen molar-refractivity contribution in [1.29, 1.82) is 0 Å². The van der Waals surface area contributed by atoms with Gasteiger partial charge >= 0.3 is 12.0 Å². The summed E-state index contributed by atoms with van der Waals surface area (Å²) in [5.41, 5.74) is 1.13. The Kier molecular flexibility index (Phi) is 6.58. The highest BCUT2D eigenvalue weighted by Crippen LogP contribution is 2.30. The summed E-state index contributed by atoms with van der Waals surface area (Å²) in [6.45, 7) is 1.83. The predicted octanol–water partition coefficient (Wildman–Crippen LogP) is 3.54. The predicted molar refractivity (Wildman–Crippen MR) is 117 cm³/mol. The Bertz CT molecular complexity index is 1240. The van der Waals surface area contributed by atoms with E-state index in [1.807, 2.05) is 19.1 Å². The van der Waals surface area contributed by atoms with Gasteiger partial charge in [-0.25, -0.2) is 9.18 Å². The number of carbonyl (C=O) groups excluding carboxylic acids is 1. The molecule has 1 heterocycles. The number of hydrogen-bond acceptors (Lipinski definition) is 4. The standard InChI is InChI=1S/C23H22FN3O5/c1-13-5-3-4-6-15(13)16-11-14(7-8-17(16)24)18(12-20(29)30)25-23(32)26-21-19(28)9-10-27(2)22(21)31/h3-11,18,28H,12H2,1-2H3,(H,29,30)(H2,25,26,32)/t18-/m0/s1. The summed E-state index contributed by atoms with van der Waals surface area (Å²) in [6, 6.07) is 10.6. The molecule has 0 aliphatic heterocycles. The van der Waals surface area contributed by atoms with Crippen LogP contribution in [0.4, 0.5) is 14.9 Å². The zero-order valence-electron chi connectivity index (χ0n) is 17.4. The van der Waals surface area contributed by atoms with Gasteiger partial charge in [-0.3, -0.25) is 9.59 Å². The first-order chi connectivity index (χ1) is 15.2. The molecule has 0 radical (unpaired) electrons. The number of anilines is 1. The molecule has 9 heteroatoms. The summed E-state index contributed by atoms with van der Waals surface area (Å²) in [5, 5.41) is 24.0. The highest BCUT2D eigenvalue weighted by atomic mass is 19.1. The van der Waals surface area contributed by atoms with Crippen LogP contribution in [-0.2, 0) is 11.8 Å². The van der Waals surface area contributed by atoms with Gasteiger partial charge in [-0.1, -0.05) is 30.3 Å². The number of aromatic nitrogens is 1. The lowest BCUT2D eigenvalue weighted by Crippen LogP contribution is -2.36. The maximum atomic E-state index is 14.6. The molecule has 1 atom stereocenters. The minimum atomic E-state index is -1.18. The molecule has 0 fully saturated rings. The van der Waals surface area contributed by atoms with Crippen LogP contribution in [0.25, 0.3) is 11.1 Å². The molecule has 0 unspecified atom stereocenters. The monoisotopic (exact) mass is 439 g/mol. The third kappa shape index (κ3) is 4.94. The molecular formula is C23H22FN3O5. The number of carboxylic acids is 1. The third-order valence-corrected chi connectivity index (χ3v) is 5.00. The van der Waals surface area contributed by atoms with Crippen molar-refractivity contribution in [2.45, 2.75) is 19.4 Å². The molecule has 4 N–H and O–H groups in total. The van der Waals surface area contributed by atoms with E-state index < -0.39 is 41.6 Å². The molecular weight excluding hydrogens is 417 g/mol. The van der Waals surface area contributed by atoms with E-state index in [0.29, 0.717) is 11.1 Å². The van der Waals surface area contributed by atoms with E-state index in [-0.39, 0.29) is 11.3 Å². The van der Waals surface area contributed by atoms with Gasteiger partial charge in [0, 0.05) is 18.8 Å². The molecule has 3 aromatic rings. The number of nitrogens with one attached hydrogen (secondary N) is 2. The first-order valence-electron chi connectivity index (χ1n) is 9.70. The lowest BCUT2D eigenvalue weighted by molar-refractivity contribution is -0.137. The fraction of sp³-hybridized carbons (Fsp3) is 0.174. The van der Waals surface area contributed by atoms with Crippen LogP contribution >= 0.6 is 0 Å². The van der Waals surface area contributed by atoms with Gasteiger partial charge in [0.15, 0.2) is 5.69 Å². The van der Waals surface area contributed by atoms with Crippen LogP contribution in [0.1, 0.15) is 23.6 Å². The summed E-state index contributed by atoms with van der Waals surface area (Å²) in [6.07, 6.45) is 0.852. The fourth-order valence-corrected chi connectivity index (χ4v) is 3.31. The Morgan fingerprint density at radius 1 is 1.12 bits per heavy atom. The molecule has 0 saturated heterocycles. The summed E-state index contributed by atoms with van der Waals surface area (Å²) in [7, 11) is 1.45. The lowest BCUT2D eigenvalue weighted by atomic mass is 9.95. The molecule has 32 heavy (non-hydrogen) atoms. The number of urea groups is 1. The van der Waals surface area contributed by atoms with E-state index in [1.165, 1.54) is 42.1 Å². The van der Waals surface area contributed by atoms with Crippen LogP contribution in [0.2, 0.25) is 0 Å². The number of nitrogens with zero attached hydrogens (tertiary/aromatic N) is 1. The number of rotatable bonds is 6. The Labute approximate surface area is 183 Å². The Morgan fingerprint density at radius 2 is 1.84 bits per heavy atom. The number of benzene rings is 2. The average Bonchev–Trinajstić information content (AvgIpc) is 2.74. The molecule has 3 rings (SSSR count). The summed E-state index contributed by atoms with van der Waals surface area (Å²) in [4.78, 5) is 36.1. The van der Waals surface area contributed by atoms with Gasteiger partial charge in [0.05, 0.1) is 12.5 Å². The number of halogens is 1. The molecule has 0 spiro atoms. The number of hydrogen-bond donors (Lipinski definition) is 4. The van der Waals surface area contributed by atoms with Crippen LogP contribution in [0.5, 0.6) is 5.75 Å². The minimum absolute atomic E-state index is 0.271. The number of carboxylic acid groups (broad SMARTS) is 1. The van der Waals surface area contributed by atoms with Gasteiger partial charge in [-0.05, 0) is 41.8 Å². The second kappa shape index (κ2) is 9.34. The van der Waals surface area contributed by atoms with Gasteiger partial charge in [0.25, 0.3) is 5.56 Å². The molecule has 0 bridgehead atoms. The highest BCUT2D eigenvalue weighted by molar-refractivity contribution is 5.91. The highest BCUT2D eigenvalue weighted by Gasteiger charge is 2.21. The number of aryl methyl sites for hydroxylation is 2. The van der Waals surface area contributed by atoms with Gasteiger partial charge < -0.3 is 25.4 Å². The summed E-state index contributed by atoms with van der Waals surface area (Å²) >= 11 is 0. The van der Waals surface area contributed by atoms with Crippen molar-refractivity contribution in [2.24, 2.45) is 7.05 Å². The fourth-order valence-electron chi connectivity index (χ4n) is 3.31. The minimum Gasteiger partial charge on any atom is -0.505 e. The van der Waals surface area contributed by atoms with E-state index in [0.717, 1.165) is 5.56 Å². The zero-order chi connectivity index (χ0) is 23.4. The molecule has 2 aromatic carbocycles. The zero-order valence-corrected chi connectivity index (χ0v) is 17.4. The second-order valence-corrected chi connectivity index (χ2v) is 7.30. The number of aliphatic carboxylic acids is 1. The van der Waals surface area contributed by atoms with Gasteiger partial charge in [-0.15, -0.1) is 0 Å². The molecule has 1 aromatic heterocycles.